The van der Waals surface area contributed by atoms with E-state index in [1.54, 1.807) is 42.5 Å². The number of thiazole rings is 1. The van der Waals surface area contributed by atoms with E-state index in [2.05, 4.69) is 10.3 Å². The first-order chi connectivity index (χ1) is 14.5. The molecule has 1 aromatic heterocycles. The lowest BCUT2D eigenvalue weighted by molar-refractivity contribution is -0.111. The van der Waals surface area contributed by atoms with Crippen molar-refractivity contribution in [3.63, 3.8) is 0 Å². The van der Waals surface area contributed by atoms with Crippen molar-refractivity contribution >= 4 is 35.0 Å². The van der Waals surface area contributed by atoms with Gasteiger partial charge >= 0.3 is 5.97 Å². The molecule has 0 radical (unpaired) electrons. The van der Waals surface area contributed by atoms with E-state index < -0.39 is 5.97 Å². The molecule has 0 unspecified atom stereocenters. The first kappa shape index (κ1) is 21.3. The summed E-state index contributed by atoms with van der Waals surface area (Å²) in [6, 6.07) is 12.5. The van der Waals surface area contributed by atoms with Crippen molar-refractivity contribution in [1.82, 2.24) is 4.98 Å². The molecule has 7 heteroatoms. The molecule has 0 bridgehead atoms. The minimum absolute atomic E-state index is 0.292. The van der Waals surface area contributed by atoms with Crippen LogP contribution in [0.4, 0.5) is 5.69 Å². The number of carbonyl (C=O) groups excluding carboxylic acids is 2. The van der Waals surface area contributed by atoms with Crippen molar-refractivity contribution in [3.8, 4) is 5.75 Å². The Kier molecular flexibility index (Phi) is 6.98. The largest absolute Gasteiger partial charge is 0.487 e. The zero-order valence-electron chi connectivity index (χ0n) is 17.0. The molecule has 6 nitrogen and oxygen atoms in total. The van der Waals surface area contributed by atoms with Crippen LogP contribution in [0.25, 0.3) is 6.08 Å². The molecule has 0 aliphatic rings. The van der Waals surface area contributed by atoms with E-state index in [9.17, 15) is 9.59 Å². The summed E-state index contributed by atoms with van der Waals surface area (Å²) < 4.78 is 10.5. The standard InChI is InChI=1S/C23H22N2O4S/c1-15-20(23(27)28-3)5-4-6-21(15)25-22(26)12-9-17-7-10-19(11-8-17)29-13-18-14-30-16(2)24-18/h4-12,14H,13H2,1-3H3,(H,25,26)/b12-9-. The number of ether oxygens (including phenoxy) is 2. The van der Waals surface area contributed by atoms with Crippen LogP contribution in [0.3, 0.4) is 0 Å². The van der Waals surface area contributed by atoms with Crippen molar-refractivity contribution in [2.75, 3.05) is 12.4 Å². The summed E-state index contributed by atoms with van der Waals surface area (Å²) in [4.78, 5) is 28.4. The highest BCUT2D eigenvalue weighted by atomic mass is 32.1. The first-order valence-corrected chi connectivity index (χ1v) is 10.1. The van der Waals surface area contributed by atoms with Crippen LogP contribution in [0.1, 0.15) is 32.2 Å². The topological polar surface area (TPSA) is 77.5 Å². The van der Waals surface area contributed by atoms with Crippen LogP contribution < -0.4 is 10.1 Å². The Morgan fingerprint density at radius 3 is 2.57 bits per heavy atom. The van der Waals surface area contributed by atoms with E-state index in [4.69, 9.17) is 9.47 Å². The van der Waals surface area contributed by atoms with E-state index in [1.807, 2.05) is 36.6 Å². The van der Waals surface area contributed by atoms with Crippen LogP contribution in [0.15, 0.2) is 53.9 Å². The summed E-state index contributed by atoms with van der Waals surface area (Å²) in [5.74, 6) is 0.00297. The summed E-state index contributed by atoms with van der Waals surface area (Å²) in [6.07, 6.45) is 3.15. The predicted octanol–water partition coefficient (Wildman–Crippen LogP) is 4.78. The Bertz CT molecular complexity index is 1070. The van der Waals surface area contributed by atoms with Crippen molar-refractivity contribution in [2.24, 2.45) is 0 Å². The molecule has 1 heterocycles. The Hall–Kier alpha value is -3.45. The van der Waals surface area contributed by atoms with Gasteiger partial charge < -0.3 is 14.8 Å². The van der Waals surface area contributed by atoms with Gasteiger partial charge in [0.25, 0.3) is 0 Å². The van der Waals surface area contributed by atoms with Crippen molar-refractivity contribution in [2.45, 2.75) is 20.5 Å². The number of esters is 1. The van der Waals surface area contributed by atoms with Crippen molar-refractivity contribution in [1.29, 1.82) is 0 Å². The summed E-state index contributed by atoms with van der Waals surface area (Å²) in [5.41, 5.74) is 3.41. The molecule has 3 rings (SSSR count). The summed E-state index contributed by atoms with van der Waals surface area (Å²) >= 11 is 1.59. The molecule has 0 fully saturated rings. The van der Waals surface area contributed by atoms with Crippen LogP contribution in [-0.4, -0.2) is 24.0 Å². The fraction of sp³-hybridized carbons (Fsp3) is 0.174. The number of rotatable bonds is 7. The first-order valence-electron chi connectivity index (χ1n) is 9.27. The highest BCUT2D eigenvalue weighted by Gasteiger charge is 2.12. The molecule has 30 heavy (non-hydrogen) atoms. The van der Waals surface area contributed by atoms with Gasteiger partial charge in [-0.3, -0.25) is 4.79 Å². The summed E-state index contributed by atoms with van der Waals surface area (Å²) in [7, 11) is 1.33. The Labute approximate surface area is 179 Å². The van der Waals surface area contributed by atoms with E-state index in [0.29, 0.717) is 23.4 Å². The zero-order chi connectivity index (χ0) is 21.5. The number of anilines is 1. The average Bonchev–Trinajstić information content (AvgIpc) is 3.17. The summed E-state index contributed by atoms with van der Waals surface area (Å²) in [5, 5.41) is 5.78. The Balaban J connectivity index is 1.58. The molecule has 1 N–H and O–H groups in total. The fourth-order valence-electron chi connectivity index (χ4n) is 2.76. The predicted molar refractivity (Wildman–Crippen MR) is 118 cm³/mol. The van der Waals surface area contributed by atoms with Gasteiger partial charge in [-0.2, -0.15) is 0 Å². The monoisotopic (exact) mass is 422 g/mol. The highest BCUT2D eigenvalue weighted by molar-refractivity contribution is 7.09. The van der Waals surface area contributed by atoms with E-state index in [1.165, 1.54) is 13.2 Å². The quantitative estimate of drug-likeness (QED) is 0.438. The molecule has 0 saturated heterocycles. The number of methoxy groups -OCH3 is 1. The maximum Gasteiger partial charge on any atom is 0.338 e. The molecule has 0 aliphatic heterocycles. The second-order valence-electron chi connectivity index (χ2n) is 6.51. The minimum atomic E-state index is -0.439. The molecule has 154 valence electrons. The molecular formula is C23H22N2O4S. The number of hydrogen-bond donors (Lipinski definition) is 1. The molecule has 3 aromatic rings. The Morgan fingerprint density at radius 2 is 1.90 bits per heavy atom. The van der Waals surface area contributed by atoms with Crippen LogP contribution in [0.5, 0.6) is 5.75 Å². The number of nitrogens with one attached hydrogen (secondary N) is 1. The number of carbonyl (C=O) groups is 2. The lowest BCUT2D eigenvalue weighted by atomic mass is 10.1. The second-order valence-corrected chi connectivity index (χ2v) is 7.57. The van der Waals surface area contributed by atoms with Crippen molar-refractivity contribution < 1.29 is 19.1 Å². The number of benzene rings is 2. The molecule has 1 amide bonds. The van der Waals surface area contributed by atoms with Gasteiger partial charge in [0, 0.05) is 17.1 Å². The normalized spacial score (nSPS) is 10.8. The van der Waals surface area contributed by atoms with Crippen LogP contribution in [-0.2, 0) is 16.1 Å². The van der Waals surface area contributed by atoms with Gasteiger partial charge in [0.1, 0.15) is 12.4 Å². The Morgan fingerprint density at radius 1 is 1.13 bits per heavy atom. The van der Waals surface area contributed by atoms with Gasteiger partial charge in [-0.25, -0.2) is 9.78 Å². The van der Waals surface area contributed by atoms with Gasteiger partial charge in [0.2, 0.25) is 5.91 Å². The van der Waals surface area contributed by atoms with Crippen LogP contribution in [0.2, 0.25) is 0 Å². The van der Waals surface area contributed by atoms with Gasteiger partial charge in [-0.15, -0.1) is 11.3 Å². The number of hydrogen-bond acceptors (Lipinski definition) is 6. The van der Waals surface area contributed by atoms with E-state index >= 15 is 0 Å². The third kappa shape index (κ3) is 5.55. The van der Waals surface area contributed by atoms with Gasteiger partial charge in [0.05, 0.1) is 23.4 Å². The van der Waals surface area contributed by atoms with E-state index in [0.717, 1.165) is 22.0 Å². The molecule has 2 aromatic carbocycles. The lowest BCUT2D eigenvalue weighted by Gasteiger charge is -2.10. The maximum absolute atomic E-state index is 12.3. The molecular weight excluding hydrogens is 400 g/mol. The number of aromatic nitrogens is 1. The fourth-order valence-corrected chi connectivity index (χ4v) is 3.35. The smallest absolute Gasteiger partial charge is 0.338 e. The maximum atomic E-state index is 12.3. The second kappa shape index (κ2) is 9.84. The number of nitrogens with zero attached hydrogens (tertiary/aromatic N) is 1. The van der Waals surface area contributed by atoms with Crippen LogP contribution in [0, 0.1) is 13.8 Å². The zero-order valence-corrected chi connectivity index (χ0v) is 17.8. The van der Waals surface area contributed by atoms with Crippen LogP contribution >= 0.6 is 11.3 Å². The van der Waals surface area contributed by atoms with E-state index in [-0.39, 0.29) is 5.91 Å². The minimum Gasteiger partial charge on any atom is -0.487 e. The lowest BCUT2D eigenvalue weighted by Crippen LogP contribution is -2.11. The average molecular weight is 423 g/mol. The van der Waals surface area contributed by atoms with Gasteiger partial charge in [-0.05, 0) is 55.3 Å². The third-order valence-electron chi connectivity index (χ3n) is 4.36. The van der Waals surface area contributed by atoms with Gasteiger partial charge in [-0.1, -0.05) is 18.2 Å². The number of amides is 1. The molecule has 0 saturated carbocycles. The number of aryl methyl sites for hydroxylation is 1. The highest BCUT2D eigenvalue weighted by Crippen LogP contribution is 2.20. The molecule has 0 spiro atoms. The third-order valence-corrected chi connectivity index (χ3v) is 5.18. The SMILES string of the molecule is COC(=O)c1cccc(NC(=O)/C=C\c2ccc(OCc3csc(C)n3)cc2)c1C. The molecule has 0 atom stereocenters. The molecule has 0 aliphatic carbocycles. The summed E-state index contributed by atoms with van der Waals surface area (Å²) in [6.45, 7) is 4.14. The van der Waals surface area contributed by atoms with Gasteiger partial charge in [0.15, 0.2) is 0 Å². The van der Waals surface area contributed by atoms with Crippen molar-refractivity contribution in [3.05, 3.63) is 81.3 Å².